The van der Waals surface area contributed by atoms with E-state index >= 15 is 0 Å². The summed E-state index contributed by atoms with van der Waals surface area (Å²) in [6, 6.07) is 15.2. The third kappa shape index (κ3) is 5.02. The van der Waals surface area contributed by atoms with Crippen molar-refractivity contribution in [3.8, 4) is 5.75 Å². The molecule has 0 heterocycles. The number of ether oxygens (including phenoxy) is 1. The van der Waals surface area contributed by atoms with Crippen LogP contribution in [0.3, 0.4) is 0 Å². The predicted molar refractivity (Wildman–Crippen MR) is 94.0 cm³/mol. The van der Waals surface area contributed by atoms with Crippen molar-refractivity contribution in [3.05, 3.63) is 59.7 Å². The molecule has 1 atom stereocenters. The Kier molecular flexibility index (Phi) is 5.63. The zero-order valence-electron chi connectivity index (χ0n) is 14.1. The topological polar surface area (TPSA) is 50.4 Å². The van der Waals surface area contributed by atoms with Crippen LogP contribution in [0, 0.1) is 6.92 Å². The Labute approximate surface area is 137 Å². The third-order valence-electron chi connectivity index (χ3n) is 3.49. The number of urea groups is 1. The average Bonchev–Trinajstić information content (AvgIpc) is 2.49. The number of hydrogen-bond acceptors (Lipinski definition) is 2. The van der Waals surface area contributed by atoms with Gasteiger partial charge in [-0.3, -0.25) is 0 Å². The number of para-hydroxylation sites is 1. The molecular formula is C19H24N2O2. The summed E-state index contributed by atoms with van der Waals surface area (Å²) >= 11 is 0. The lowest BCUT2D eigenvalue weighted by atomic mass is 10.0. The molecule has 122 valence electrons. The molecule has 0 aliphatic heterocycles. The molecular weight excluding hydrogens is 288 g/mol. The van der Waals surface area contributed by atoms with Gasteiger partial charge in [0.15, 0.2) is 6.23 Å². The Morgan fingerprint density at radius 2 is 1.65 bits per heavy atom. The largest absolute Gasteiger partial charge is 0.471 e. The van der Waals surface area contributed by atoms with Crippen molar-refractivity contribution < 1.29 is 9.53 Å². The van der Waals surface area contributed by atoms with Gasteiger partial charge in [-0.25, -0.2) is 4.79 Å². The second-order valence-electron chi connectivity index (χ2n) is 5.92. The Morgan fingerprint density at radius 1 is 1.00 bits per heavy atom. The molecule has 4 nitrogen and oxygen atoms in total. The Morgan fingerprint density at radius 3 is 2.30 bits per heavy atom. The summed E-state index contributed by atoms with van der Waals surface area (Å²) in [6.45, 7) is 8.05. The summed E-state index contributed by atoms with van der Waals surface area (Å²) in [6.07, 6.45) is -0.430. The van der Waals surface area contributed by atoms with E-state index in [1.807, 2.05) is 62.4 Å². The highest BCUT2D eigenvalue weighted by molar-refractivity contribution is 5.89. The van der Waals surface area contributed by atoms with Crippen LogP contribution >= 0.6 is 0 Å². The summed E-state index contributed by atoms with van der Waals surface area (Å²) in [5.41, 5.74) is 3.03. The second kappa shape index (κ2) is 7.68. The highest BCUT2D eigenvalue weighted by Gasteiger charge is 2.12. The molecule has 2 N–H and O–H groups in total. The van der Waals surface area contributed by atoms with Crippen LogP contribution in [0.1, 0.15) is 37.8 Å². The maximum atomic E-state index is 12.0. The molecule has 23 heavy (non-hydrogen) atoms. The van der Waals surface area contributed by atoms with Crippen LogP contribution in [-0.2, 0) is 0 Å². The summed E-state index contributed by atoms with van der Waals surface area (Å²) in [4.78, 5) is 12.0. The number of rotatable bonds is 5. The predicted octanol–water partition coefficient (Wildman–Crippen LogP) is 4.66. The van der Waals surface area contributed by atoms with Crippen molar-refractivity contribution in [1.82, 2.24) is 5.32 Å². The molecule has 0 saturated heterocycles. The Hall–Kier alpha value is -2.49. The van der Waals surface area contributed by atoms with Gasteiger partial charge in [0, 0.05) is 5.69 Å². The highest BCUT2D eigenvalue weighted by atomic mass is 16.5. The average molecular weight is 312 g/mol. The first kappa shape index (κ1) is 16.9. The maximum Gasteiger partial charge on any atom is 0.322 e. The van der Waals surface area contributed by atoms with Crippen molar-refractivity contribution in [1.29, 1.82) is 0 Å². The van der Waals surface area contributed by atoms with Crippen molar-refractivity contribution in [2.24, 2.45) is 0 Å². The quantitative estimate of drug-likeness (QED) is 0.789. The first-order valence-electron chi connectivity index (χ1n) is 7.85. The number of aryl methyl sites for hydroxylation is 1. The lowest BCUT2D eigenvalue weighted by molar-refractivity contribution is 0.181. The minimum absolute atomic E-state index is 0.289. The summed E-state index contributed by atoms with van der Waals surface area (Å²) in [5.74, 6) is 1.16. The number of nitrogens with one attached hydrogen (secondary N) is 2. The molecule has 0 saturated carbocycles. The van der Waals surface area contributed by atoms with Gasteiger partial charge in [-0.05, 0) is 43.5 Å². The fourth-order valence-electron chi connectivity index (χ4n) is 2.27. The van der Waals surface area contributed by atoms with Gasteiger partial charge in [-0.1, -0.05) is 49.7 Å². The van der Waals surface area contributed by atoms with E-state index in [4.69, 9.17) is 4.74 Å². The van der Waals surface area contributed by atoms with E-state index in [-0.39, 0.29) is 6.03 Å². The maximum absolute atomic E-state index is 12.0. The third-order valence-corrected chi connectivity index (χ3v) is 3.49. The lowest BCUT2D eigenvalue weighted by Gasteiger charge is -2.20. The van der Waals surface area contributed by atoms with E-state index in [9.17, 15) is 4.79 Å². The van der Waals surface area contributed by atoms with E-state index in [1.165, 1.54) is 0 Å². The van der Waals surface area contributed by atoms with E-state index in [0.717, 1.165) is 22.6 Å². The minimum atomic E-state index is -0.430. The lowest BCUT2D eigenvalue weighted by Crippen LogP contribution is -2.39. The van der Waals surface area contributed by atoms with Crippen LogP contribution in [0.15, 0.2) is 48.5 Å². The van der Waals surface area contributed by atoms with Crippen molar-refractivity contribution in [3.63, 3.8) is 0 Å². The second-order valence-corrected chi connectivity index (χ2v) is 5.92. The molecule has 2 amide bonds. The molecule has 4 heteroatoms. The number of amides is 2. The molecule has 0 spiro atoms. The molecule has 0 radical (unpaired) electrons. The fourth-order valence-corrected chi connectivity index (χ4v) is 2.27. The molecule has 2 aromatic carbocycles. The van der Waals surface area contributed by atoms with Gasteiger partial charge in [-0.2, -0.15) is 0 Å². The first-order valence-corrected chi connectivity index (χ1v) is 7.85. The first-order chi connectivity index (χ1) is 11.0. The van der Waals surface area contributed by atoms with Gasteiger partial charge in [0.25, 0.3) is 0 Å². The van der Waals surface area contributed by atoms with Gasteiger partial charge >= 0.3 is 6.03 Å². The molecule has 0 aromatic heterocycles. The fraction of sp³-hybridized carbons (Fsp3) is 0.316. The Balaban J connectivity index is 1.93. The van der Waals surface area contributed by atoms with Gasteiger partial charge in [0.05, 0.1) is 0 Å². The molecule has 2 aromatic rings. The summed E-state index contributed by atoms with van der Waals surface area (Å²) < 4.78 is 5.86. The number of benzene rings is 2. The smallest absolute Gasteiger partial charge is 0.322 e. The summed E-state index contributed by atoms with van der Waals surface area (Å²) in [5, 5.41) is 5.58. The van der Waals surface area contributed by atoms with Crippen LogP contribution in [0.4, 0.5) is 10.5 Å². The van der Waals surface area contributed by atoms with Gasteiger partial charge in [0.1, 0.15) is 5.75 Å². The number of hydrogen-bond donors (Lipinski definition) is 2. The van der Waals surface area contributed by atoms with Crippen molar-refractivity contribution in [2.45, 2.75) is 39.8 Å². The number of carbonyl (C=O) groups excluding carboxylic acids is 1. The highest BCUT2D eigenvalue weighted by Crippen LogP contribution is 2.26. The normalized spacial score (nSPS) is 11.9. The van der Waals surface area contributed by atoms with Gasteiger partial charge in [-0.15, -0.1) is 0 Å². The van der Waals surface area contributed by atoms with Crippen LogP contribution in [0.25, 0.3) is 0 Å². The molecule has 0 bridgehead atoms. The van der Waals surface area contributed by atoms with Crippen LogP contribution in [-0.4, -0.2) is 12.3 Å². The van der Waals surface area contributed by atoms with Crippen LogP contribution in [0.2, 0.25) is 0 Å². The zero-order chi connectivity index (χ0) is 16.8. The van der Waals surface area contributed by atoms with Gasteiger partial charge in [0.2, 0.25) is 0 Å². The molecule has 0 aliphatic rings. The number of carbonyl (C=O) groups is 1. The molecule has 2 rings (SSSR count). The van der Waals surface area contributed by atoms with Crippen molar-refractivity contribution in [2.75, 3.05) is 5.32 Å². The molecule has 0 aliphatic carbocycles. The molecule has 1 unspecified atom stereocenters. The zero-order valence-corrected chi connectivity index (χ0v) is 14.1. The summed E-state index contributed by atoms with van der Waals surface area (Å²) in [7, 11) is 0. The van der Waals surface area contributed by atoms with Crippen LogP contribution in [0.5, 0.6) is 5.75 Å². The monoisotopic (exact) mass is 312 g/mol. The minimum Gasteiger partial charge on any atom is -0.471 e. The Bertz CT molecular complexity index is 651. The molecule has 0 fully saturated rings. The van der Waals surface area contributed by atoms with E-state index in [1.54, 1.807) is 0 Å². The van der Waals surface area contributed by atoms with E-state index in [0.29, 0.717) is 5.92 Å². The SMILES string of the molecule is Cc1ccc(NC(=O)NC(C)Oc2ccccc2C(C)C)cc1. The van der Waals surface area contributed by atoms with Gasteiger partial charge < -0.3 is 15.4 Å². The number of anilines is 1. The van der Waals surface area contributed by atoms with E-state index in [2.05, 4.69) is 24.5 Å². The van der Waals surface area contributed by atoms with Crippen molar-refractivity contribution >= 4 is 11.7 Å². The standard InChI is InChI=1S/C19H24N2O2/c1-13(2)17-7-5-6-8-18(17)23-15(4)20-19(22)21-16-11-9-14(3)10-12-16/h5-13,15H,1-4H3,(H2,20,21,22). The van der Waals surface area contributed by atoms with Crippen LogP contribution < -0.4 is 15.4 Å². The van der Waals surface area contributed by atoms with E-state index < -0.39 is 6.23 Å².